The van der Waals surface area contributed by atoms with E-state index in [1.807, 2.05) is 24.3 Å². The third kappa shape index (κ3) is 2.18. The predicted octanol–water partition coefficient (Wildman–Crippen LogP) is 2.88. The number of fused-ring (bicyclic) bond motifs is 1. The summed E-state index contributed by atoms with van der Waals surface area (Å²) in [6.45, 7) is 2.15. The van der Waals surface area contributed by atoms with Crippen LogP contribution in [0.2, 0.25) is 0 Å². The molecule has 3 heteroatoms. The smallest absolute Gasteiger partial charge is 0.258 e. The summed E-state index contributed by atoms with van der Waals surface area (Å²) in [7, 11) is 1.59. The lowest BCUT2D eigenvalue weighted by molar-refractivity contribution is 0.392. The SMILES string of the molecule is CCCCc1c(OC)[nH]c(=O)c2ccccc12. The second-order valence-electron chi connectivity index (χ2n) is 4.12. The molecule has 0 aliphatic heterocycles. The Morgan fingerprint density at radius 3 is 2.59 bits per heavy atom. The zero-order chi connectivity index (χ0) is 12.3. The number of nitrogens with one attached hydrogen (secondary N) is 1. The summed E-state index contributed by atoms with van der Waals surface area (Å²) in [6, 6.07) is 7.67. The van der Waals surface area contributed by atoms with Gasteiger partial charge in [-0.25, -0.2) is 0 Å². The van der Waals surface area contributed by atoms with Crippen molar-refractivity contribution in [1.82, 2.24) is 4.98 Å². The highest BCUT2D eigenvalue weighted by molar-refractivity contribution is 5.86. The van der Waals surface area contributed by atoms with Crippen LogP contribution in [0.15, 0.2) is 29.1 Å². The third-order valence-electron chi connectivity index (χ3n) is 2.98. The van der Waals surface area contributed by atoms with E-state index in [1.54, 1.807) is 7.11 Å². The van der Waals surface area contributed by atoms with Gasteiger partial charge in [0.15, 0.2) is 5.88 Å². The van der Waals surface area contributed by atoms with Crippen molar-refractivity contribution in [2.24, 2.45) is 0 Å². The molecule has 0 atom stereocenters. The first-order valence-corrected chi connectivity index (χ1v) is 5.95. The summed E-state index contributed by atoms with van der Waals surface area (Å²) in [5.74, 6) is 0.599. The molecule has 90 valence electrons. The molecule has 1 aromatic heterocycles. The summed E-state index contributed by atoms with van der Waals surface area (Å²) in [5.41, 5.74) is 1.02. The van der Waals surface area contributed by atoms with Crippen LogP contribution in [0.3, 0.4) is 0 Å². The van der Waals surface area contributed by atoms with Crippen LogP contribution in [0, 0.1) is 0 Å². The first kappa shape index (κ1) is 11.7. The van der Waals surface area contributed by atoms with Gasteiger partial charge in [-0.2, -0.15) is 0 Å². The number of aromatic nitrogens is 1. The van der Waals surface area contributed by atoms with E-state index in [2.05, 4.69) is 11.9 Å². The van der Waals surface area contributed by atoms with E-state index in [1.165, 1.54) is 0 Å². The fourth-order valence-corrected chi connectivity index (χ4v) is 2.09. The Kier molecular flexibility index (Phi) is 3.47. The van der Waals surface area contributed by atoms with Gasteiger partial charge in [0.05, 0.1) is 7.11 Å². The Balaban J connectivity index is 2.67. The predicted molar refractivity (Wildman–Crippen MR) is 69.7 cm³/mol. The molecule has 0 spiro atoms. The molecule has 1 heterocycles. The highest BCUT2D eigenvalue weighted by Gasteiger charge is 2.10. The normalized spacial score (nSPS) is 10.7. The van der Waals surface area contributed by atoms with Crippen molar-refractivity contribution in [3.8, 4) is 5.88 Å². The molecule has 0 aliphatic rings. The zero-order valence-electron chi connectivity index (χ0n) is 10.2. The molecule has 3 nitrogen and oxygen atoms in total. The first-order valence-electron chi connectivity index (χ1n) is 5.95. The molecular weight excluding hydrogens is 214 g/mol. The van der Waals surface area contributed by atoms with E-state index >= 15 is 0 Å². The number of unbranched alkanes of at least 4 members (excludes halogenated alkanes) is 1. The Bertz CT molecular complexity index is 572. The maximum Gasteiger partial charge on any atom is 0.258 e. The molecule has 0 saturated carbocycles. The molecule has 2 rings (SSSR count). The number of aromatic amines is 1. The summed E-state index contributed by atoms with van der Waals surface area (Å²) < 4.78 is 5.28. The minimum atomic E-state index is -0.0855. The zero-order valence-corrected chi connectivity index (χ0v) is 10.2. The number of ether oxygens (including phenoxy) is 1. The Morgan fingerprint density at radius 1 is 1.24 bits per heavy atom. The number of aryl methyl sites for hydroxylation is 1. The van der Waals surface area contributed by atoms with Crippen molar-refractivity contribution in [3.05, 3.63) is 40.2 Å². The Morgan fingerprint density at radius 2 is 1.94 bits per heavy atom. The number of methoxy groups -OCH3 is 1. The van der Waals surface area contributed by atoms with E-state index in [0.29, 0.717) is 5.88 Å². The fourth-order valence-electron chi connectivity index (χ4n) is 2.09. The van der Waals surface area contributed by atoms with Crippen LogP contribution < -0.4 is 10.3 Å². The lowest BCUT2D eigenvalue weighted by Crippen LogP contribution is -2.10. The summed E-state index contributed by atoms with van der Waals surface area (Å²) in [4.78, 5) is 14.6. The molecule has 0 saturated heterocycles. The molecule has 0 fully saturated rings. The molecular formula is C14H17NO2. The van der Waals surface area contributed by atoms with Crippen LogP contribution >= 0.6 is 0 Å². The van der Waals surface area contributed by atoms with Gasteiger partial charge in [-0.1, -0.05) is 31.5 Å². The number of hydrogen-bond donors (Lipinski definition) is 1. The second kappa shape index (κ2) is 5.04. The number of pyridine rings is 1. The average molecular weight is 231 g/mol. The highest BCUT2D eigenvalue weighted by Crippen LogP contribution is 2.24. The topological polar surface area (TPSA) is 42.1 Å². The van der Waals surface area contributed by atoms with Crippen LogP contribution in [0.25, 0.3) is 10.8 Å². The van der Waals surface area contributed by atoms with Crippen LogP contribution in [-0.4, -0.2) is 12.1 Å². The van der Waals surface area contributed by atoms with E-state index in [0.717, 1.165) is 35.6 Å². The molecule has 2 aromatic rings. The first-order chi connectivity index (χ1) is 8.27. The number of H-pyrrole nitrogens is 1. The fraction of sp³-hybridized carbons (Fsp3) is 0.357. The van der Waals surface area contributed by atoms with Gasteiger partial charge in [0, 0.05) is 10.9 Å². The van der Waals surface area contributed by atoms with Crippen molar-refractivity contribution in [3.63, 3.8) is 0 Å². The average Bonchev–Trinajstić information content (AvgIpc) is 2.37. The molecule has 0 bridgehead atoms. The molecule has 1 aromatic carbocycles. The van der Waals surface area contributed by atoms with Crippen LogP contribution in [0.1, 0.15) is 25.3 Å². The standard InChI is InChI=1S/C14H17NO2/c1-3-4-7-12-10-8-5-6-9-11(10)13(16)15-14(12)17-2/h5-6,8-9H,3-4,7H2,1-2H3,(H,15,16). The van der Waals surface area contributed by atoms with E-state index in [-0.39, 0.29) is 5.56 Å². The van der Waals surface area contributed by atoms with Crippen molar-refractivity contribution in [2.75, 3.05) is 7.11 Å². The second-order valence-corrected chi connectivity index (χ2v) is 4.12. The van der Waals surface area contributed by atoms with Crippen LogP contribution in [0.5, 0.6) is 5.88 Å². The Hall–Kier alpha value is -1.77. The maximum absolute atomic E-state index is 11.8. The molecule has 0 amide bonds. The van der Waals surface area contributed by atoms with Gasteiger partial charge >= 0.3 is 0 Å². The summed E-state index contributed by atoms with van der Waals surface area (Å²) in [5, 5.41) is 1.74. The van der Waals surface area contributed by atoms with Gasteiger partial charge < -0.3 is 4.74 Å². The maximum atomic E-state index is 11.8. The molecule has 17 heavy (non-hydrogen) atoms. The molecule has 0 aliphatic carbocycles. The van der Waals surface area contributed by atoms with Crippen LogP contribution in [-0.2, 0) is 6.42 Å². The van der Waals surface area contributed by atoms with Gasteiger partial charge in [-0.3, -0.25) is 9.78 Å². The van der Waals surface area contributed by atoms with Gasteiger partial charge in [0.25, 0.3) is 5.56 Å². The van der Waals surface area contributed by atoms with E-state index in [9.17, 15) is 4.79 Å². The van der Waals surface area contributed by atoms with Crippen molar-refractivity contribution < 1.29 is 4.74 Å². The lowest BCUT2D eigenvalue weighted by Gasteiger charge is -2.10. The van der Waals surface area contributed by atoms with E-state index in [4.69, 9.17) is 4.74 Å². The molecule has 0 radical (unpaired) electrons. The number of rotatable bonds is 4. The van der Waals surface area contributed by atoms with Gasteiger partial charge in [-0.05, 0) is 24.3 Å². The van der Waals surface area contributed by atoms with Crippen molar-refractivity contribution in [2.45, 2.75) is 26.2 Å². The third-order valence-corrected chi connectivity index (χ3v) is 2.98. The van der Waals surface area contributed by atoms with Gasteiger partial charge in [-0.15, -0.1) is 0 Å². The largest absolute Gasteiger partial charge is 0.482 e. The summed E-state index contributed by atoms with van der Waals surface area (Å²) >= 11 is 0. The number of hydrogen-bond acceptors (Lipinski definition) is 2. The summed E-state index contributed by atoms with van der Waals surface area (Å²) in [6.07, 6.45) is 3.14. The quantitative estimate of drug-likeness (QED) is 0.879. The lowest BCUT2D eigenvalue weighted by atomic mass is 10.0. The monoisotopic (exact) mass is 231 g/mol. The van der Waals surface area contributed by atoms with Crippen molar-refractivity contribution in [1.29, 1.82) is 0 Å². The minimum Gasteiger partial charge on any atom is -0.482 e. The van der Waals surface area contributed by atoms with Gasteiger partial charge in [0.1, 0.15) is 0 Å². The minimum absolute atomic E-state index is 0.0855. The molecule has 1 N–H and O–H groups in total. The van der Waals surface area contributed by atoms with Crippen LogP contribution in [0.4, 0.5) is 0 Å². The Labute approximate surface area is 100 Å². The molecule has 0 unspecified atom stereocenters. The van der Waals surface area contributed by atoms with Gasteiger partial charge in [0.2, 0.25) is 0 Å². The highest BCUT2D eigenvalue weighted by atomic mass is 16.5. The van der Waals surface area contributed by atoms with Crippen molar-refractivity contribution >= 4 is 10.8 Å². The van der Waals surface area contributed by atoms with E-state index < -0.39 is 0 Å². The number of benzene rings is 1.